The molecule has 0 aliphatic carbocycles. The van der Waals surface area contributed by atoms with Crippen LogP contribution in [-0.4, -0.2) is 20.1 Å². The van der Waals surface area contributed by atoms with E-state index in [2.05, 4.69) is 21.2 Å². The molecule has 0 aliphatic rings. The molecule has 2 rings (SSSR count). The van der Waals surface area contributed by atoms with Crippen molar-refractivity contribution in [3.05, 3.63) is 57.6 Å². The maximum Gasteiger partial charge on any atom is 0.266 e. The smallest absolute Gasteiger partial charge is 0.266 e. The molecule has 0 aromatic heterocycles. The van der Waals surface area contributed by atoms with Crippen molar-refractivity contribution in [2.75, 3.05) is 19.5 Å². The fourth-order valence-corrected chi connectivity index (χ4v) is 3.10. The molecule has 0 spiro atoms. The Labute approximate surface area is 161 Å². The Morgan fingerprint density at radius 3 is 2.62 bits per heavy atom. The van der Waals surface area contributed by atoms with Gasteiger partial charge in [-0.1, -0.05) is 25.1 Å². The summed E-state index contributed by atoms with van der Waals surface area (Å²) in [6, 6.07) is 12.9. The lowest BCUT2D eigenvalue weighted by molar-refractivity contribution is -0.112. The Morgan fingerprint density at radius 2 is 2.00 bits per heavy atom. The molecule has 0 heterocycles. The molecule has 6 heteroatoms. The molecule has 0 radical (unpaired) electrons. The molecular weight excluding hydrogens is 396 g/mol. The third-order valence-electron chi connectivity index (χ3n) is 3.78. The number of nitriles is 1. The molecule has 5 nitrogen and oxygen atoms in total. The average Bonchev–Trinajstić information content (AvgIpc) is 2.65. The predicted octanol–water partition coefficient (Wildman–Crippen LogP) is 4.57. The first-order chi connectivity index (χ1) is 12.5. The van der Waals surface area contributed by atoms with Crippen LogP contribution < -0.4 is 14.8 Å². The minimum atomic E-state index is -0.459. The van der Waals surface area contributed by atoms with Crippen molar-refractivity contribution < 1.29 is 14.3 Å². The van der Waals surface area contributed by atoms with Crippen molar-refractivity contribution in [3.63, 3.8) is 0 Å². The van der Waals surface area contributed by atoms with Crippen molar-refractivity contribution in [3.8, 4) is 17.6 Å². The van der Waals surface area contributed by atoms with E-state index >= 15 is 0 Å². The van der Waals surface area contributed by atoms with Crippen LogP contribution in [0.4, 0.5) is 5.69 Å². The van der Waals surface area contributed by atoms with Crippen LogP contribution in [0.3, 0.4) is 0 Å². The van der Waals surface area contributed by atoms with Crippen LogP contribution in [-0.2, 0) is 11.2 Å². The van der Waals surface area contributed by atoms with E-state index in [0.717, 1.165) is 12.0 Å². The lowest BCUT2D eigenvalue weighted by atomic mass is 10.1. The summed E-state index contributed by atoms with van der Waals surface area (Å²) in [5.74, 6) is 0.589. The quantitative estimate of drug-likeness (QED) is 0.554. The van der Waals surface area contributed by atoms with E-state index in [1.165, 1.54) is 20.3 Å². The summed E-state index contributed by atoms with van der Waals surface area (Å²) in [6.07, 6.45) is 2.29. The number of carbonyl (C=O) groups excluding carboxylic acids is 1. The Balaban J connectivity index is 2.34. The van der Waals surface area contributed by atoms with Gasteiger partial charge in [0.1, 0.15) is 11.6 Å². The Morgan fingerprint density at radius 1 is 1.27 bits per heavy atom. The highest BCUT2D eigenvalue weighted by Crippen LogP contribution is 2.36. The van der Waals surface area contributed by atoms with Crippen molar-refractivity contribution in [1.29, 1.82) is 5.26 Å². The third-order valence-corrected chi connectivity index (χ3v) is 4.37. The summed E-state index contributed by atoms with van der Waals surface area (Å²) in [7, 11) is 3.06. The van der Waals surface area contributed by atoms with E-state index < -0.39 is 5.91 Å². The molecule has 0 unspecified atom stereocenters. The second kappa shape index (κ2) is 9.07. The van der Waals surface area contributed by atoms with E-state index in [-0.39, 0.29) is 5.57 Å². The number of benzene rings is 2. The normalized spacial score (nSPS) is 10.8. The van der Waals surface area contributed by atoms with Gasteiger partial charge in [-0.25, -0.2) is 0 Å². The number of rotatable bonds is 6. The topological polar surface area (TPSA) is 71.4 Å². The molecule has 1 amide bonds. The van der Waals surface area contributed by atoms with Gasteiger partial charge in [-0.05, 0) is 57.8 Å². The minimum absolute atomic E-state index is 0.00461. The summed E-state index contributed by atoms with van der Waals surface area (Å²) in [4.78, 5) is 12.5. The van der Waals surface area contributed by atoms with Gasteiger partial charge in [-0.2, -0.15) is 5.26 Å². The van der Waals surface area contributed by atoms with Gasteiger partial charge in [-0.15, -0.1) is 0 Å². The molecule has 0 aliphatic heterocycles. The zero-order chi connectivity index (χ0) is 19.1. The number of nitrogens with zero attached hydrogens (tertiary/aromatic N) is 1. The number of amides is 1. The lowest BCUT2D eigenvalue weighted by Crippen LogP contribution is -2.14. The Kier molecular flexibility index (Phi) is 6.81. The number of halogens is 1. The molecule has 2 aromatic rings. The van der Waals surface area contributed by atoms with Crippen LogP contribution in [0.25, 0.3) is 6.08 Å². The third kappa shape index (κ3) is 4.44. The molecule has 0 bridgehead atoms. The molecule has 0 saturated carbocycles. The highest BCUT2D eigenvalue weighted by Gasteiger charge is 2.14. The summed E-state index contributed by atoms with van der Waals surface area (Å²) in [5, 5.41) is 12.2. The predicted molar refractivity (Wildman–Crippen MR) is 105 cm³/mol. The highest BCUT2D eigenvalue weighted by atomic mass is 79.9. The second-order valence-electron chi connectivity index (χ2n) is 5.37. The van der Waals surface area contributed by atoms with Crippen LogP contribution in [0.5, 0.6) is 11.5 Å². The monoisotopic (exact) mass is 414 g/mol. The Hall–Kier alpha value is -2.78. The van der Waals surface area contributed by atoms with Gasteiger partial charge in [-0.3, -0.25) is 4.79 Å². The fourth-order valence-electron chi connectivity index (χ4n) is 2.48. The molecular formula is C20H19BrN2O3. The number of aryl methyl sites for hydroxylation is 1. The number of methoxy groups -OCH3 is 2. The van der Waals surface area contributed by atoms with Crippen molar-refractivity contribution in [2.24, 2.45) is 0 Å². The van der Waals surface area contributed by atoms with E-state index in [1.54, 1.807) is 12.1 Å². The zero-order valence-corrected chi connectivity index (χ0v) is 16.4. The number of hydrogen-bond acceptors (Lipinski definition) is 4. The van der Waals surface area contributed by atoms with E-state index in [0.29, 0.717) is 27.2 Å². The molecule has 0 saturated heterocycles. The van der Waals surface area contributed by atoms with Gasteiger partial charge in [0.05, 0.1) is 18.7 Å². The fraction of sp³-hybridized carbons (Fsp3) is 0.200. The van der Waals surface area contributed by atoms with Crippen molar-refractivity contribution >= 4 is 33.6 Å². The van der Waals surface area contributed by atoms with Gasteiger partial charge >= 0.3 is 0 Å². The van der Waals surface area contributed by atoms with E-state index in [4.69, 9.17) is 9.47 Å². The number of carbonyl (C=O) groups is 1. The first-order valence-corrected chi connectivity index (χ1v) is 8.75. The first kappa shape index (κ1) is 19.5. The van der Waals surface area contributed by atoms with Crippen LogP contribution in [0, 0.1) is 11.3 Å². The number of anilines is 1. The van der Waals surface area contributed by atoms with Crippen LogP contribution >= 0.6 is 15.9 Å². The maximum absolute atomic E-state index is 12.5. The average molecular weight is 415 g/mol. The molecule has 0 fully saturated rings. The van der Waals surface area contributed by atoms with Gasteiger partial charge in [0.2, 0.25) is 0 Å². The van der Waals surface area contributed by atoms with Crippen molar-refractivity contribution in [2.45, 2.75) is 13.3 Å². The molecule has 26 heavy (non-hydrogen) atoms. The lowest BCUT2D eigenvalue weighted by Gasteiger charge is -2.11. The number of hydrogen-bond donors (Lipinski definition) is 1. The number of ether oxygens (including phenoxy) is 2. The minimum Gasteiger partial charge on any atom is -0.493 e. The summed E-state index contributed by atoms with van der Waals surface area (Å²) >= 11 is 3.40. The second-order valence-corrected chi connectivity index (χ2v) is 6.23. The van der Waals surface area contributed by atoms with Gasteiger partial charge in [0.15, 0.2) is 11.5 Å². The molecule has 1 N–H and O–H groups in total. The van der Waals surface area contributed by atoms with E-state index in [9.17, 15) is 10.1 Å². The summed E-state index contributed by atoms with van der Waals surface area (Å²) < 4.78 is 11.2. The van der Waals surface area contributed by atoms with Crippen LogP contribution in [0.2, 0.25) is 0 Å². The number of para-hydroxylation sites is 1. The SMILES string of the molecule is CCc1ccccc1NC(=O)/C(C#N)=C/c1cc(Br)c(OC)c(OC)c1. The molecule has 0 atom stereocenters. The first-order valence-electron chi connectivity index (χ1n) is 7.96. The van der Waals surface area contributed by atoms with Gasteiger partial charge in [0, 0.05) is 5.69 Å². The van der Waals surface area contributed by atoms with Gasteiger partial charge < -0.3 is 14.8 Å². The summed E-state index contributed by atoms with van der Waals surface area (Å²) in [6.45, 7) is 2.01. The molecule has 134 valence electrons. The van der Waals surface area contributed by atoms with E-state index in [1.807, 2.05) is 37.3 Å². The highest BCUT2D eigenvalue weighted by molar-refractivity contribution is 9.10. The standard InChI is InChI=1S/C20H19BrN2O3/c1-4-14-7-5-6-8-17(14)23-20(24)15(12-22)9-13-10-16(21)19(26-3)18(11-13)25-2/h5-11H,4H2,1-3H3,(H,23,24)/b15-9+. The zero-order valence-electron chi connectivity index (χ0n) is 14.8. The maximum atomic E-state index is 12.5. The largest absolute Gasteiger partial charge is 0.493 e. The van der Waals surface area contributed by atoms with Crippen molar-refractivity contribution in [1.82, 2.24) is 0 Å². The molecule has 2 aromatic carbocycles. The van der Waals surface area contributed by atoms with Gasteiger partial charge in [0.25, 0.3) is 5.91 Å². The van der Waals surface area contributed by atoms with Crippen LogP contribution in [0.1, 0.15) is 18.1 Å². The van der Waals surface area contributed by atoms with Crippen LogP contribution in [0.15, 0.2) is 46.4 Å². The Bertz CT molecular complexity index is 885. The summed E-state index contributed by atoms with van der Waals surface area (Å²) in [5.41, 5.74) is 2.35. The number of nitrogens with one attached hydrogen (secondary N) is 1.